The van der Waals surface area contributed by atoms with E-state index in [1.165, 1.54) is 0 Å². The summed E-state index contributed by atoms with van der Waals surface area (Å²) >= 11 is 1.60. The molecule has 1 amide bonds. The van der Waals surface area contributed by atoms with E-state index in [-0.39, 0.29) is 11.9 Å². The molecule has 0 aliphatic carbocycles. The quantitative estimate of drug-likeness (QED) is 0.765. The van der Waals surface area contributed by atoms with Crippen LogP contribution in [0.25, 0.3) is 21.3 Å². The lowest BCUT2D eigenvalue weighted by molar-refractivity contribution is -0.119. The third-order valence-electron chi connectivity index (χ3n) is 4.26. The van der Waals surface area contributed by atoms with Crippen LogP contribution in [0.4, 0.5) is 0 Å². The van der Waals surface area contributed by atoms with Gasteiger partial charge in [0.05, 0.1) is 12.0 Å². The zero-order valence-electron chi connectivity index (χ0n) is 13.8. The van der Waals surface area contributed by atoms with Gasteiger partial charge in [0.1, 0.15) is 10.8 Å². The van der Waals surface area contributed by atoms with Gasteiger partial charge in [-0.05, 0) is 18.6 Å². The molecule has 4 rings (SSSR count). The van der Waals surface area contributed by atoms with Gasteiger partial charge in [0.15, 0.2) is 5.82 Å². The van der Waals surface area contributed by atoms with Gasteiger partial charge in [0.25, 0.3) is 0 Å². The molecule has 128 valence electrons. The van der Waals surface area contributed by atoms with E-state index < -0.39 is 0 Å². The SMILES string of the molecule is COc1cccc(-c2ncc(-c3nccn3CC3CCC(=O)N3)s2)c1. The van der Waals surface area contributed by atoms with Crippen LogP contribution in [0.15, 0.2) is 42.9 Å². The Balaban J connectivity index is 1.58. The highest BCUT2D eigenvalue weighted by atomic mass is 32.1. The average molecular weight is 354 g/mol. The third kappa shape index (κ3) is 3.28. The number of thiazole rings is 1. The number of methoxy groups -OCH3 is 1. The van der Waals surface area contributed by atoms with Crippen molar-refractivity contribution in [2.24, 2.45) is 0 Å². The molecule has 0 saturated carbocycles. The molecule has 3 aromatic rings. The van der Waals surface area contributed by atoms with Crippen LogP contribution in [0.1, 0.15) is 12.8 Å². The maximum Gasteiger partial charge on any atom is 0.220 e. The van der Waals surface area contributed by atoms with Gasteiger partial charge in [-0.2, -0.15) is 0 Å². The molecule has 25 heavy (non-hydrogen) atoms. The van der Waals surface area contributed by atoms with E-state index in [1.54, 1.807) is 24.6 Å². The Kier molecular flexibility index (Phi) is 4.23. The average Bonchev–Trinajstić information content (AvgIpc) is 3.36. The van der Waals surface area contributed by atoms with Gasteiger partial charge in [0, 0.05) is 43.2 Å². The van der Waals surface area contributed by atoms with Gasteiger partial charge in [-0.15, -0.1) is 11.3 Å². The maximum atomic E-state index is 11.4. The van der Waals surface area contributed by atoms with Crippen LogP contribution in [0.3, 0.4) is 0 Å². The molecular weight excluding hydrogens is 336 g/mol. The summed E-state index contributed by atoms with van der Waals surface area (Å²) in [7, 11) is 1.66. The molecule has 1 fully saturated rings. The Hall–Kier alpha value is -2.67. The van der Waals surface area contributed by atoms with Crippen molar-refractivity contribution in [2.75, 3.05) is 7.11 Å². The highest BCUT2D eigenvalue weighted by Crippen LogP contribution is 2.32. The molecule has 6 nitrogen and oxygen atoms in total. The fourth-order valence-electron chi connectivity index (χ4n) is 3.00. The minimum atomic E-state index is 0.129. The molecule has 7 heteroatoms. The highest BCUT2D eigenvalue weighted by Gasteiger charge is 2.22. The predicted octanol–water partition coefficient (Wildman–Crippen LogP) is 2.96. The van der Waals surface area contributed by atoms with Gasteiger partial charge in [-0.1, -0.05) is 12.1 Å². The second-order valence-electron chi connectivity index (χ2n) is 5.97. The van der Waals surface area contributed by atoms with Crippen molar-refractivity contribution >= 4 is 17.2 Å². The van der Waals surface area contributed by atoms with Gasteiger partial charge < -0.3 is 14.6 Å². The van der Waals surface area contributed by atoms with E-state index >= 15 is 0 Å². The molecule has 1 aliphatic rings. The fourth-order valence-corrected chi connectivity index (χ4v) is 3.93. The summed E-state index contributed by atoms with van der Waals surface area (Å²) < 4.78 is 7.37. The summed E-state index contributed by atoms with van der Waals surface area (Å²) in [5.74, 6) is 1.82. The topological polar surface area (TPSA) is 69.0 Å². The molecule has 0 radical (unpaired) electrons. The van der Waals surface area contributed by atoms with Gasteiger partial charge in [-0.3, -0.25) is 4.79 Å². The number of aromatic nitrogens is 3. The minimum absolute atomic E-state index is 0.129. The predicted molar refractivity (Wildman–Crippen MR) is 96.5 cm³/mol. The number of amides is 1. The molecule has 2 aromatic heterocycles. The summed E-state index contributed by atoms with van der Waals surface area (Å²) in [6, 6.07) is 8.04. The summed E-state index contributed by atoms with van der Waals surface area (Å²) in [5, 5.41) is 3.93. The van der Waals surface area contributed by atoms with E-state index in [9.17, 15) is 4.79 Å². The Morgan fingerprint density at radius 1 is 1.40 bits per heavy atom. The highest BCUT2D eigenvalue weighted by molar-refractivity contribution is 7.18. The first-order valence-electron chi connectivity index (χ1n) is 8.14. The fraction of sp³-hybridized carbons (Fsp3) is 0.278. The molecule has 1 unspecified atom stereocenters. The number of imidazole rings is 1. The Morgan fingerprint density at radius 3 is 3.12 bits per heavy atom. The molecule has 1 aromatic carbocycles. The second kappa shape index (κ2) is 6.68. The third-order valence-corrected chi connectivity index (χ3v) is 5.30. The standard InChI is InChI=1S/C18H18N4O2S/c1-24-14-4-2-3-12(9-14)18-20-10-15(25-18)17-19-7-8-22(17)11-13-5-6-16(23)21-13/h2-4,7-10,13H,5-6,11H2,1H3,(H,21,23). The monoisotopic (exact) mass is 354 g/mol. The van der Waals surface area contributed by atoms with E-state index in [0.717, 1.165) is 40.0 Å². The molecular formula is C18H18N4O2S. The number of ether oxygens (including phenoxy) is 1. The van der Waals surface area contributed by atoms with Crippen molar-refractivity contribution in [1.29, 1.82) is 0 Å². The first kappa shape index (κ1) is 15.8. The van der Waals surface area contributed by atoms with Crippen LogP contribution in [0, 0.1) is 0 Å². The van der Waals surface area contributed by atoms with Crippen molar-refractivity contribution in [2.45, 2.75) is 25.4 Å². The summed E-state index contributed by atoms with van der Waals surface area (Å²) in [4.78, 5) is 21.4. The number of hydrogen-bond donors (Lipinski definition) is 1. The number of benzene rings is 1. The lowest BCUT2D eigenvalue weighted by atomic mass is 10.2. The molecule has 1 atom stereocenters. The molecule has 0 spiro atoms. The number of carbonyl (C=O) groups is 1. The van der Waals surface area contributed by atoms with E-state index in [4.69, 9.17) is 4.74 Å². The van der Waals surface area contributed by atoms with Crippen LogP contribution in [-0.2, 0) is 11.3 Å². The Bertz CT molecular complexity index is 902. The number of nitrogens with zero attached hydrogens (tertiary/aromatic N) is 3. The van der Waals surface area contributed by atoms with Crippen molar-refractivity contribution in [3.05, 3.63) is 42.9 Å². The van der Waals surface area contributed by atoms with Gasteiger partial charge >= 0.3 is 0 Å². The Labute approximate surface area is 149 Å². The smallest absolute Gasteiger partial charge is 0.220 e. The zero-order valence-corrected chi connectivity index (χ0v) is 14.6. The Morgan fingerprint density at radius 2 is 2.32 bits per heavy atom. The number of rotatable bonds is 5. The molecule has 0 bridgehead atoms. The maximum absolute atomic E-state index is 11.4. The van der Waals surface area contributed by atoms with E-state index in [0.29, 0.717) is 6.42 Å². The molecule has 1 N–H and O–H groups in total. The van der Waals surface area contributed by atoms with Crippen molar-refractivity contribution < 1.29 is 9.53 Å². The lowest BCUT2D eigenvalue weighted by Gasteiger charge is -2.12. The van der Waals surface area contributed by atoms with Gasteiger partial charge in [0.2, 0.25) is 5.91 Å². The summed E-state index contributed by atoms with van der Waals surface area (Å²) in [6.45, 7) is 0.730. The summed E-state index contributed by atoms with van der Waals surface area (Å²) in [5.41, 5.74) is 1.02. The van der Waals surface area contributed by atoms with E-state index in [2.05, 4.69) is 19.9 Å². The first-order valence-corrected chi connectivity index (χ1v) is 8.95. The van der Waals surface area contributed by atoms with Crippen molar-refractivity contribution in [1.82, 2.24) is 19.9 Å². The zero-order chi connectivity index (χ0) is 17.2. The van der Waals surface area contributed by atoms with Crippen LogP contribution < -0.4 is 10.1 Å². The summed E-state index contributed by atoms with van der Waals surface area (Å²) in [6.07, 6.45) is 7.07. The number of carbonyl (C=O) groups excluding carboxylic acids is 1. The van der Waals surface area contributed by atoms with E-state index in [1.807, 2.05) is 36.7 Å². The van der Waals surface area contributed by atoms with Crippen LogP contribution in [-0.4, -0.2) is 33.6 Å². The minimum Gasteiger partial charge on any atom is -0.497 e. The molecule has 1 aliphatic heterocycles. The first-order chi connectivity index (χ1) is 12.2. The van der Waals surface area contributed by atoms with Gasteiger partial charge in [-0.25, -0.2) is 9.97 Å². The number of nitrogens with one attached hydrogen (secondary N) is 1. The largest absolute Gasteiger partial charge is 0.497 e. The molecule has 1 saturated heterocycles. The molecule has 3 heterocycles. The normalized spacial score (nSPS) is 16.8. The van der Waals surface area contributed by atoms with Crippen LogP contribution in [0.2, 0.25) is 0 Å². The number of hydrogen-bond acceptors (Lipinski definition) is 5. The van der Waals surface area contributed by atoms with Crippen LogP contribution >= 0.6 is 11.3 Å². The van der Waals surface area contributed by atoms with Crippen molar-refractivity contribution in [3.8, 4) is 27.0 Å². The lowest BCUT2D eigenvalue weighted by Crippen LogP contribution is -2.29. The second-order valence-corrected chi connectivity index (χ2v) is 7.00. The van der Waals surface area contributed by atoms with Crippen molar-refractivity contribution in [3.63, 3.8) is 0 Å². The van der Waals surface area contributed by atoms with Crippen LogP contribution in [0.5, 0.6) is 5.75 Å².